The number of nitrogens with one attached hydrogen (secondary N) is 1. The van der Waals surface area contributed by atoms with Gasteiger partial charge in [-0.2, -0.15) is 5.10 Å². The van der Waals surface area contributed by atoms with Crippen LogP contribution in [0.3, 0.4) is 0 Å². The second kappa shape index (κ2) is 13.7. The van der Waals surface area contributed by atoms with Crippen molar-refractivity contribution in [1.82, 2.24) is 19.7 Å². The maximum Gasteiger partial charge on any atom is 0.161 e. The fourth-order valence-corrected chi connectivity index (χ4v) is 10.4. The van der Waals surface area contributed by atoms with Crippen LogP contribution in [0.1, 0.15) is 62.5 Å². The number of sulfone groups is 1. The summed E-state index contributed by atoms with van der Waals surface area (Å²) in [6.45, 7) is 5.43. The van der Waals surface area contributed by atoms with Crippen molar-refractivity contribution in [1.29, 1.82) is 0 Å². The minimum absolute atomic E-state index is 0.0359. The first kappa shape index (κ1) is 36.0. The van der Waals surface area contributed by atoms with Crippen LogP contribution < -0.4 is 0 Å². The lowest BCUT2D eigenvalue weighted by atomic mass is 9.75. The van der Waals surface area contributed by atoms with Gasteiger partial charge in [-0.15, -0.1) is 0 Å². The molecule has 50 heavy (non-hydrogen) atoms. The van der Waals surface area contributed by atoms with Gasteiger partial charge in [-0.25, -0.2) is 31.1 Å². The van der Waals surface area contributed by atoms with E-state index in [1.165, 1.54) is 28.9 Å². The second-order valence-electron chi connectivity index (χ2n) is 14.3. The molecular formula is C37H42F2N4O5S2. The SMILES string of the molecule is Cn1nc2nc1-c1cc(ccc1F)S(=O)c1c(F)cc3[nH]ccc3c1CCS(=O)(=O)CC(C)(C)CCC[C@]2(C)c1cccc(C[C@@H](O)CO)c1. The number of H-pyrrole nitrogens is 1. The Labute approximate surface area is 293 Å². The van der Waals surface area contributed by atoms with E-state index < -0.39 is 49.2 Å². The van der Waals surface area contributed by atoms with Gasteiger partial charge in [0, 0.05) is 35.5 Å². The number of halogens is 2. The standard InChI is InChI=1S/C37H42F2N4O5S2/c1-36(2)13-6-14-37(3,24-8-5-7-23(17-24)18-25(45)21-44)35-41-34(43(4)42-35)29-19-26(9-10-30(29)38)49(46)33-28(12-16-50(47,48)22-36)27-11-15-40-32(27)20-31(33)39/h5,7-11,15,17,19-20,25,40,44-45H,6,12-14,16,18,21-22H2,1-4H3/t25-,37-,49?/m1/s1. The average Bonchev–Trinajstić information content (AvgIpc) is 3.69. The summed E-state index contributed by atoms with van der Waals surface area (Å²) in [6, 6.07) is 14.5. The van der Waals surface area contributed by atoms with Crippen LogP contribution in [0.25, 0.3) is 22.3 Å². The van der Waals surface area contributed by atoms with E-state index in [0.29, 0.717) is 41.6 Å². The summed E-state index contributed by atoms with van der Waals surface area (Å²) in [7, 11) is -4.14. The molecule has 0 fully saturated rings. The lowest BCUT2D eigenvalue weighted by molar-refractivity contribution is 0.0955. The molecule has 6 rings (SSSR count). The predicted molar refractivity (Wildman–Crippen MR) is 189 cm³/mol. The normalized spacial score (nSPS) is 21.6. The van der Waals surface area contributed by atoms with Crippen LogP contribution in [0.5, 0.6) is 0 Å². The summed E-state index contributed by atoms with van der Waals surface area (Å²) in [6.07, 6.45) is 2.57. The number of hydrogen-bond acceptors (Lipinski definition) is 7. The molecule has 1 aliphatic rings. The lowest BCUT2D eigenvalue weighted by Crippen LogP contribution is -2.29. The van der Waals surface area contributed by atoms with E-state index in [0.717, 1.165) is 11.1 Å². The topological polar surface area (TPSA) is 138 Å². The Morgan fingerprint density at radius 1 is 1.06 bits per heavy atom. The summed E-state index contributed by atoms with van der Waals surface area (Å²) in [4.78, 5) is 7.83. The molecular weight excluding hydrogens is 683 g/mol. The molecule has 0 spiro atoms. The first-order valence-corrected chi connectivity index (χ1v) is 19.6. The molecule has 3 N–H and O–H groups in total. The number of aromatic nitrogens is 4. The Balaban J connectivity index is 1.53. The molecule has 1 aliphatic heterocycles. The molecule has 0 amide bonds. The largest absolute Gasteiger partial charge is 0.394 e. The number of nitrogens with zero attached hydrogens (tertiary/aromatic N) is 3. The highest BCUT2D eigenvalue weighted by Crippen LogP contribution is 2.40. The highest BCUT2D eigenvalue weighted by molar-refractivity contribution is 7.91. The molecule has 0 radical (unpaired) electrons. The van der Waals surface area contributed by atoms with Crippen LogP contribution in [0.4, 0.5) is 8.78 Å². The number of benzene rings is 3. The minimum Gasteiger partial charge on any atom is -0.394 e. The number of hydrogen-bond donors (Lipinski definition) is 3. The maximum absolute atomic E-state index is 15.8. The van der Waals surface area contributed by atoms with Gasteiger partial charge < -0.3 is 15.2 Å². The summed E-state index contributed by atoms with van der Waals surface area (Å²) in [5.41, 5.74) is 1.04. The van der Waals surface area contributed by atoms with Crippen LogP contribution in [0.15, 0.2) is 70.6 Å². The van der Waals surface area contributed by atoms with Crippen molar-refractivity contribution >= 4 is 31.5 Å². The van der Waals surface area contributed by atoms with E-state index in [1.54, 1.807) is 19.3 Å². The van der Waals surface area contributed by atoms with Crippen molar-refractivity contribution in [2.45, 2.75) is 74.2 Å². The van der Waals surface area contributed by atoms with Gasteiger partial charge in [0.2, 0.25) is 0 Å². The van der Waals surface area contributed by atoms with Crippen molar-refractivity contribution in [3.05, 3.63) is 94.9 Å². The second-order valence-corrected chi connectivity index (χ2v) is 17.9. The summed E-state index contributed by atoms with van der Waals surface area (Å²) >= 11 is 0. The number of aliphatic hydroxyl groups excluding tert-OH is 2. The van der Waals surface area contributed by atoms with Crippen molar-refractivity contribution in [2.75, 3.05) is 18.1 Å². The Morgan fingerprint density at radius 3 is 2.60 bits per heavy atom. The van der Waals surface area contributed by atoms with Crippen molar-refractivity contribution in [2.24, 2.45) is 12.5 Å². The third kappa shape index (κ3) is 7.19. The minimum atomic E-state index is -3.65. The summed E-state index contributed by atoms with van der Waals surface area (Å²) in [5.74, 6) is -1.14. The number of rotatable bonds is 4. The summed E-state index contributed by atoms with van der Waals surface area (Å²) in [5, 5.41) is 24.9. The van der Waals surface area contributed by atoms with Crippen molar-refractivity contribution < 1.29 is 31.6 Å². The molecule has 13 heteroatoms. The molecule has 3 aromatic carbocycles. The van der Waals surface area contributed by atoms with E-state index in [1.807, 2.05) is 45.0 Å². The van der Waals surface area contributed by atoms with Crippen LogP contribution in [-0.4, -0.2) is 66.8 Å². The Hall–Kier alpha value is -3.78. The third-order valence-electron chi connectivity index (χ3n) is 9.75. The molecule has 0 saturated heterocycles. The van der Waals surface area contributed by atoms with E-state index >= 15 is 8.78 Å². The molecule has 2 aromatic heterocycles. The predicted octanol–water partition coefficient (Wildman–Crippen LogP) is 5.78. The molecule has 9 nitrogen and oxygen atoms in total. The highest BCUT2D eigenvalue weighted by Gasteiger charge is 2.36. The van der Waals surface area contributed by atoms with Crippen LogP contribution >= 0.6 is 0 Å². The molecule has 4 bridgehead atoms. The Morgan fingerprint density at radius 2 is 1.84 bits per heavy atom. The fourth-order valence-electron chi connectivity index (χ4n) is 7.12. The molecule has 3 atom stereocenters. The zero-order valence-corrected chi connectivity index (χ0v) is 30.2. The van der Waals surface area contributed by atoms with E-state index in [-0.39, 0.29) is 52.1 Å². The van der Waals surface area contributed by atoms with Gasteiger partial charge in [0.25, 0.3) is 0 Å². The molecule has 5 aromatic rings. The maximum atomic E-state index is 15.8. The highest BCUT2D eigenvalue weighted by atomic mass is 32.2. The van der Waals surface area contributed by atoms with Crippen LogP contribution in [0.2, 0.25) is 0 Å². The number of fused-ring (bicyclic) bond motifs is 8. The third-order valence-corrected chi connectivity index (χ3v) is 13.3. The molecule has 1 unspecified atom stereocenters. The molecule has 266 valence electrons. The van der Waals surface area contributed by atoms with Gasteiger partial charge in [0.05, 0.1) is 50.9 Å². The van der Waals surface area contributed by atoms with Gasteiger partial charge in [-0.1, -0.05) is 44.5 Å². The Kier molecular flexibility index (Phi) is 9.90. The van der Waals surface area contributed by atoms with Gasteiger partial charge >= 0.3 is 0 Å². The number of aliphatic hydroxyl groups is 2. The van der Waals surface area contributed by atoms with Gasteiger partial charge in [0.1, 0.15) is 11.6 Å². The number of aromatic amines is 1. The first-order chi connectivity index (χ1) is 23.6. The van der Waals surface area contributed by atoms with Crippen LogP contribution in [-0.2, 0) is 45.9 Å². The molecule has 3 heterocycles. The Bertz CT molecular complexity index is 2200. The van der Waals surface area contributed by atoms with Gasteiger partial charge in [-0.3, -0.25) is 0 Å². The van der Waals surface area contributed by atoms with E-state index in [2.05, 4.69) is 4.98 Å². The summed E-state index contributed by atoms with van der Waals surface area (Å²) < 4.78 is 74.5. The lowest BCUT2D eigenvalue weighted by Gasteiger charge is -2.31. The molecule has 0 aliphatic carbocycles. The van der Waals surface area contributed by atoms with Gasteiger partial charge in [-0.05, 0) is 78.6 Å². The molecule has 0 saturated carbocycles. The fraction of sp³-hybridized carbons (Fsp3) is 0.405. The first-order valence-electron chi connectivity index (χ1n) is 16.6. The number of aryl methyl sites for hydroxylation is 2. The quantitative estimate of drug-likeness (QED) is 0.214. The van der Waals surface area contributed by atoms with Crippen molar-refractivity contribution in [3.8, 4) is 11.4 Å². The van der Waals surface area contributed by atoms with Crippen LogP contribution in [0, 0.1) is 17.0 Å². The van der Waals surface area contributed by atoms with Gasteiger partial charge in [0.15, 0.2) is 21.5 Å². The zero-order chi connectivity index (χ0) is 36.0. The monoisotopic (exact) mass is 724 g/mol. The van der Waals surface area contributed by atoms with E-state index in [9.17, 15) is 22.8 Å². The smallest absolute Gasteiger partial charge is 0.161 e. The zero-order valence-electron chi connectivity index (χ0n) is 28.5. The average molecular weight is 725 g/mol. The van der Waals surface area contributed by atoms with Crippen molar-refractivity contribution in [3.63, 3.8) is 0 Å². The van der Waals surface area contributed by atoms with E-state index in [4.69, 9.17) is 10.1 Å².